The summed E-state index contributed by atoms with van der Waals surface area (Å²) in [6.07, 6.45) is 9.25. The minimum Gasteiger partial charge on any atom is -0.494 e. The molecule has 0 aliphatic carbocycles. The molecule has 4 aromatic rings. The van der Waals surface area contributed by atoms with Crippen LogP contribution < -0.4 is 21.1 Å². The van der Waals surface area contributed by atoms with Gasteiger partial charge in [-0.15, -0.1) is 11.3 Å². The van der Waals surface area contributed by atoms with Crippen molar-refractivity contribution in [3.8, 4) is 28.3 Å². The molecule has 0 bridgehead atoms. The molecular formula is C40H53N5O5S. The molecule has 2 heterocycles. The van der Waals surface area contributed by atoms with Crippen LogP contribution >= 0.6 is 11.3 Å². The van der Waals surface area contributed by atoms with Gasteiger partial charge >= 0.3 is 5.97 Å². The van der Waals surface area contributed by atoms with E-state index in [0.29, 0.717) is 23.7 Å². The van der Waals surface area contributed by atoms with Crippen LogP contribution in [0.25, 0.3) is 22.5 Å². The maximum absolute atomic E-state index is 13.4. The third-order valence-corrected chi connectivity index (χ3v) is 10.2. The molecule has 4 rings (SSSR count). The summed E-state index contributed by atoms with van der Waals surface area (Å²) in [4.78, 5) is 36.0. The van der Waals surface area contributed by atoms with Gasteiger partial charge in [0.25, 0.3) is 5.91 Å². The number of nitrogens with one attached hydrogen (secondary N) is 2. The first-order valence-electron chi connectivity index (χ1n) is 17.9. The highest BCUT2D eigenvalue weighted by Gasteiger charge is 2.28. The van der Waals surface area contributed by atoms with Crippen LogP contribution in [0.1, 0.15) is 92.8 Å². The monoisotopic (exact) mass is 715 g/mol. The van der Waals surface area contributed by atoms with Crippen molar-refractivity contribution >= 4 is 23.2 Å². The summed E-state index contributed by atoms with van der Waals surface area (Å²) in [7, 11) is 0. The van der Waals surface area contributed by atoms with E-state index in [-0.39, 0.29) is 24.2 Å². The largest absolute Gasteiger partial charge is 0.494 e. The molecular weight excluding hydrogens is 663 g/mol. The maximum atomic E-state index is 13.4. The van der Waals surface area contributed by atoms with Crippen molar-refractivity contribution in [3.63, 3.8) is 0 Å². The number of aliphatic carboxylic acids is 1. The normalized spacial score (nSPS) is 13.4. The van der Waals surface area contributed by atoms with E-state index in [1.165, 1.54) is 37.0 Å². The van der Waals surface area contributed by atoms with Crippen LogP contribution in [0.2, 0.25) is 0 Å². The molecule has 0 fully saturated rings. The average Bonchev–Trinajstić information content (AvgIpc) is 3.64. The van der Waals surface area contributed by atoms with E-state index in [0.717, 1.165) is 45.9 Å². The van der Waals surface area contributed by atoms with Crippen molar-refractivity contribution in [1.29, 1.82) is 0 Å². The second-order valence-corrected chi connectivity index (χ2v) is 15.0. The standard InChI is InChI=1S/C40H53N5O5S/c1-5-6-7-8-9-23-50-31-18-16-28(17-19-31)30-25-42-36(43-26-30)29-14-12-27(13-15-29)24-33(37(46)44-32(39(48)49)11-10-22-41)45-38(47)34-20-21-35(51-34)40(2,3)4/h12-21,25-26,32-33,37,44,46H,5-11,22-24,41H2,1-4H3,(H,45,47)(H,48,49)/t32-,33-,37?/m0/s1. The van der Waals surface area contributed by atoms with Gasteiger partial charge in [0.2, 0.25) is 0 Å². The summed E-state index contributed by atoms with van der Waals surface area (Å²) in [6, 6.07) is 17.4. The Labute approximate surface area is 305 Å². The number of hydrogen-bond acceptors (Lipinski definition) is 9. The lowest BCUT2D eigenvalue weighted by molar-refractivity contribution is -0.141. The van der Waals surface area contributed by atoms with E-state index >= 15 is 0 Å². The molecule has 0 saturated heterocycles. The van der Waals surface area contributed by atoms with Gasteiger partial charge < -0.3 is 26.0 Å². The lowest BCUT2D eigenvalue weighted by atomic mass is 9.95. The van der Waals surface area contributed by atoms with Crippen LogP contribution in [0.3, 0.4) is 0 Å². The van der Waals surface area contributed by atoms with E-state index in [4.69, 9.17) is 10.5 Å². The fourth-order valence-corrected chi connectivity index (χ4v) is 6.54. The van der Waals surface area contributed by atoms with Crippen LogP contribution in [0.4, 0.5) is 0 Å². The van der Waals surface area contributed by atoms with E-state index in [1.807, 2.05) is 54.6 Å². The number of benzene rings is 2. The Hall–Kier alpha value is -4.16. The number of carbonyl (C=O) groups is 2. The van der Waals surface area contributed by atoms with Crippen LogP contribution in [0, 0.1) is 0 Å². The minimum atomic E-state index is -1.33. The van der Waals surface area contributed by atoms with Gasteiger partial charge in [0.1, 0.15) is 18.0 Å². The molecule has 274 valence electrons. The fraction of sp³-hybridized carbons (Fsp3) is 0.450. The highest BCUT2D eigenvalue weighted by atomic mass is 32.1. The highest BCUT2D eigenvalue weighted by molar-refractivity contribution is 7.14. The summed E-state index contributed by atoms with van der Waals surface area (Å²) >= 11 is 1.40. The van der Waals surface area contributed by atoms with Gasteiger partial charge in [-0.2, -0.15) is 0 Å². The molecule has 11 heteroatoms. The number of carboxylic acids is 1. The Balaban J connectivity index is 1.42. The SMILES string of the molecule is CCCCCCCOc1ccc(-c2cnc(-c3ccc(C[C@H](NC(=O)c4ccc(C(C)(C)C)s4)C(O)N[C@@H](CCCN)C(=O)O)cc3)nc2)cc1. The predicted octanol–water partition coefficient (Wildman–Crippen LogP) is 6.96. The van der Waals surface area contributed by atoms with E-state index < -0.39 is 24.3 Å². The van der Waals surface area contributed by atoms with Gasteiger partial charge in [-0.3, -0.25) is 14.9 Å². The molecule has 0 saturated carbocycles. The number of carbonyl (C=O) groups excluding carboxylic acids is 1. The topological polar surface area (TPSA) is 160 Å². The van der Waals surface area contributed by atoms with Crippen molar-refractivity contribution < 1.29 is 24.5 Å². The van der Waals surface area contributed by atoms with Crippen LogP contribution in [-0.2, 0) is 16.6 Å². The molecule has 1 unspecified atom stereocenters. The Morgan fingerprint density at radius 2 is 1.55 bits per heavy atom. The number of thiophene rings is 1. The first kappa shape index (κ1) is 39.6. The van der Waals surface area contributed by atoms with Crippen LogP contribution in [0.15, 0.2) is 73.1 Å². The van der Waals surface area contributed by atoms with Gasteiger partial charge in [0.05, 0.1) is 17.5 Å². The van der Waals surface area contributed by atoms with Gasteiger partial charge in [-0.1, -0.05) is 89.8 Å². The fourth-order valence-electron chi connectivity index (χ4n) is 5.58. The van der Waals surface area contributed by atoms with E-state index in [1.54, 1.807) is 18.5 Å². The number of amides is 1. The lowest BCUT2D eigenvalue weighted by Gasteiger charge is -2.27. The Kier molecular flexibility index (Phi) is 15.1. The first-order valence-corrected chi connectivity index (χ1v) is 18.7. The number of hydrogen-bond donors (Lipinski definition) is 5. The van der Waals surface area contributed by atoms with Crippen molar-refractivity contribution in [2.75, 3.05) is 13.2 Å². The minimum absolute atomic E-state index is 0.110. The number of aliphatic hydroxyl groups is 1. The summed E-state index contributed by atoms with van der Waals surface area (Å²) in [5.41, 5.74) is 9.03. The van der Waals surface area contributed by atoms with Crippen molar-refractivity contribution in [2.45, 2.75) is 103 Å². The number of nitrogens with two attached hydrogens (primary N) is 1. The van der Waals surface area contributed by atoms with Gasteiger partial charge in [0, 0.05) is 28.4 Å². The van der Waals surface area contributed by atoms with Crippen LogP contribution in [0.5, 0.6) is 5.75 Å². The quantitative estimate of drug-likeness (QED) is 0.0482. The summed E-state index contributed by atoms with van der Waals surface area (Å²) < 4.78 is 5.90. The van der Waals surface area contributed by atoms with E-state index in [9.17, 15) is 19.8 Å². The Morgan fingerprint density at radius 1 is 0.882 bits per heavy atom. The zero-order valence-electron chi connectivity index (χ0n) is 30.2. The number of aliphatic hydroxyl groups excluding tert-OH is 1. The highest BCUT2D eigenvalue weighted by Crippen LogP contribution is 2.30. The van der Waals surface area contributed by atoms with Gasteiger partial charge in [0.15, 0.2) is 5.82 Å². The van der Waals surface area contributed by atoms with E-state index in [2.05, 4.69) is 48.3 Å². The second-order valence-electron chi connectivity index (χ2n) is 13.9. The number of rotatable bonds is 20. The molecule has 2 aromatic heterocycles. The summed E-state index contributed by atoms with van der Waals surface area (Å²) in [5.74, 6) is -0.00582. The molecule has 0 aliphatic heterocycles. The number of carboxylic acid groups (broad SMARTS) is 1. The zero-order chi connectivity index (χ0) is 36.8. The second kappa shape index (κ2) is 19.4. The summed E-state index contributed by atoms with van der Waals surface area (Å²) in [5, 5.41) is 26.7. The number of ether oxygens (including phenoxy) is 1. The van der Waals surface area contributed by atoms with Gasteiger partial charge in [-0.25, -0.2) is 9.97 Å². The lowest BCUT2D eigenvalue weighted by Crippen LogP contribution is -2.55. The zero-order valence-corrected chi connectivity index (χ0v) is 31.0. The molecule has 0 spiro atoms. The Bertz CT molecular complexity index is 1650. The molecule has 6 N–H and O–H groups in total. The summed E-state index contributed by atoms with van der Waals surface area (Å²) in [6.45, 7) is 9.51. The molecule has 10 nitrogen and oxygen atoms in total. The third-order valence-electron chi connectivity index (χ3n) is 8.66. The first-order chi connectivity index (χ1) is 24.5. The maximum Gasteiger partial charge on any atom is 0.320 e. The van der Waals surface area contributed by atoms with Crippen LogP contribution in [-0.4, -0.2) is 63.5 Å². The molecule has 0 aliphatic rings. The Morgan fingerprint density at radius 3 is 2.16 bits per heavy atom. The van der Waals surface area contributed by atoms with Crippen molar-refractivity contribution in [1.82, 2.24) is 20.6 Å². The molecule has 3 atom stereocenters. The number of nitrogens with zero attached hydrogens (tertiary/aromatic N) is 2. The van der Waals surface area contributed by atoms with Crippen molar-refractivity contribution in [3.05, 3.63) is 88.4 Å². The number of aromatic nitrogens is 2. The molecule has 51 heavy (non-hydrogen) atoms. The molecule has 2 aromatic carbocycles. The van der Waals surface area contributed by atoms with Gasteiger partial charge in [-0.05, 0) is 73.0 Å². The van der Waals surface area contributed by atoms with Crippen molar-refractivity contribution in [2.24, 2.45) is 5.73 Å². The molecule has 0 radical (unpaired) electrons. The molecule has 1 amide bonds. The predicted molar refractivity (Wildman–Crippen MR) is 204 cm³/mol. The number of unbranched alkanes of at least 4 members (excludes halogenated alkanes) is 4. The average molecular weight is 716 g/mol. The smallest absolute Gasteiger partial charge is 0.320 e. The third kappa shape index (κ3) is 12.2.